The molecule has 2 saturated heterocycles. The van der Waals surface area contributed by atoms with E-state index in [2.05, 4.69) is 44.3 Å². The van der Waals surface area contributed by atoms with Gasteiger partial charge in [0.25, 0.3) is 0 Å². The third-order valence-corrected chi connectivity index (χ3v) is 6.84. The summed E-state index contributed by atoms with van der Waals surface area (Å²) in [7, 11) is 1.66. The number of ether oxygens (including phenoxy) is 1. The first-order valence-corrected chi connectivity index (χ1v) is 12.0. The number of para-hydroxylation sites is 1. The number of carbonyl (C=O) groups is 1. The zero-order chi connectivity index (χ0) is 23.3. The Labute approximate surface area is 201 Å². The van der Waals surface area contributed by atoms with Crippen LogP contribution in [-0.4, -0.2) is 67.4 Å². The topological polar surface area (TPSA) is 61.8 Å². The zero-order valence-electron chi connectivity index (χ0n) is 19.6. The molecule has 0 spiro atoms. The number of aromatic nitrogens is 2. The Balaban J connectivity index is 1.19. The summed E-state index contributed by atoms with van der Waals surface area (Å²) in [4.78, 5) is 19.9. The summed E-state index contributed by atoms with van der Waals surface area (Å²) in [6, 6.07) is 22.3. The van der Waals surface area contributed by atoms with E-state index in [-0.39, 0.29) is 11.8 Å². The lowest BCUT2D eigenvalue weighted by molar-refractivity contribution is -0.136. The third-order valence-electron chi connectivity index (χ3n) is 6.84. The molecule has 2 fully saturated rings. The number of anilines is 2. The number of rotatable bonds is 5. The fraction of sp³-hybridized carbons (Fsp3) is 0.370. The van der Waals surface area contributed by atoms with Crippen LogP contribution in [0.2, 0.25) is 0 Å². The van der Waals surface area contributed by atoms with Crippen molar-refractivity contribution in [1.82, 2.24) is 15.1 Å². The largest absolute Gasteiger partial charge is 0.497 e. The number of piperazine rings is 1. The molecule has 0 N–H and O–H groups in total. The van der Waals surface area contributed by atoms with Crippen molar-refractivity contribution in [3.8, 4) is 17.0 Å². The number of hydrogen-bond acceptors (Lipinski definition) is 6. The quantitative estimate of drug-likeness (QED) is 0.582. The summed E-state index contributed by atoms with van der Waals surface area (Å²) in [5.41, 5.74) is 3.06. The van der Waals surface area contributed by atoms with Crippen LogP contribution in [0.15, 0.2) is 66.7 Å². The molecule has 3 aromatic rings. The first kappa shape index (κ1) is 22.2. The van der Waals surface area contributed by atoms with Crippen LogP contribution in [0.1, 0.15) is 12.8 Å². The third kappa shape index (κ3) is 4.83. The highest BCUT2D eigenvalue weighted by atomic mass is 16.5. The van der Waals surface area contributed by atoms with Gasteiger partial charge in [0.05, 0.1) is 18.7 Å². The predicted octanol–water partition coefficient (Wildman–Crippen LogP) is 3.72. The number of nitrogens with zero attached hydrogens (tertiary/aromatic N) is 5. The second-order valence-electron chi connectivity index (χ2n) is 8.94. The van der Waals surface area contributed by atoms with Gasteiger partial charge in [-0.25, -0.2) is 0 Å². The van der Waals surface area contributed by atoms with Crippen LogP contribution < -0.4 is 14.5 Å². The second kappa shape index (κ2) is 10.1. The maximum atomic E-state index is 13.3. The maximum Gasteiger partial charge on any atom is 0.227 e. The first-order valence-electron chi connectivity index (χ1n) is 12.0. The van der Waals surface area contributed by atoms with Crippen molar-refractivity contribution in [2.45, 2.75) is 12.8 Å². The highest BCUT2D eigenvalue weighted by molar-refractivity contribution is 5.80. The molecular weight excluding hydrogens is 426 g/mol. The van der Waals surface area contributed by atoms with Crippen LogP contribution in [0.25, 0.3) is 11.3 Å². The molecule has 7 heteroatoms. The van der Waals surface area contributed by atoms with Crippen LogP contribution in [-0.2, 0) is 4.79 Å². The lowest BCUT2D eigenvalue weighted by Gasteiger charge is -2.40. The summed E-state index contributed by atoms with van der Waals surface area (Å²) >= 11 is 0. The predicted molar refractivity (Wildman–Crippen MR) is 134 cm³/mol. The van der Waals surface area contributed by atoms with Gasteiger partial charge in [-0.05, 0) is 61.4 Å². The normalized spacial score (nSPS) is 18.6. The van der Waals surface area contributed by atoms with Gasteiger partial charge in [-0.1, -0.05) is 18.2 Å². The fourth-order valence-electron chi connectivity index (χ4n) is 4.88. The van der Waals surface area contributed by atoms with Crippen molar-refractivity contribution in [3.05, 3.63) is 66.7 Å². The molecule has 1 atom stereocenters. The highest BCUT2D eigenvalue weighted by Gasteiger charge is 2.31. The van der Waals surface area contributed by atoms with E-state index in [1.54, 1.807) is 7.11 Å². The monoisotopic (exact) mass is 457 g/mol. The second-order valence-corrected chi connectivity index (χ2v) is 8.94. The summed E-state index contributed by atoms with van der Waals surface area (Å²) in [5, 5.41) is 8.93. The smallest absolute Gasteiger partial charge is 0.227 e. The molecule has 5 rings (SSSR count). The number of carbonyl (C=O) groups excluding carboxylic acids is 1. The molecule has 1 unspecified atom stereocenters. The van der Waals surface area contributed by atoms with Crippen LogP contribution >= 0.6 is 0 Å². The van der Waals surface area contributed by atoms with E-state index < -0.39 is 0 Å². The van der Waals surface area contributed by atoms with E-state index in [1.165, 1.54) is 5.69 Å². The molecule has 0 saturated carbocycles. The van der Waals surface area contributed by atoms with Crippen molar-refractivity contribution < 1.29 is 9.53 Å². The molecule has 0 radical (unpaired) electrons. The number of amides is 1. The number of piperidine rings is 1. The van der Waals surface area contributed by atoms with Gasteiger partial charge in [0.2, 0.25) is 5.91 Å². The summed E-state index contributed by atoms with van der Waals surface area (Å²) in [6.07, 6.45) is 1.92. The average molecular weight is 458 g/mol. The van der Waals surface area contributed by atoms with Crippen LogP contribution in [0.4, 0.5) is 11.5 Å². The first-order chi connectivity index (χ1) is 16.7. The molecule has 2 aromatic carbocycles. The van der Waals surface area contributed by atoms with Crippen molar-refractivity contribution in [2.24, 2.45) is 5.92 Å². The standard InChI is InChI=1S/C27H31N5O2/c1-34-24-11-9-21(10-12-24)25-13-14-26(29-28-25)32-15-5-6-22(20-32)27(33)31-18-16-30(17-19-31)23-7-3-2-4-8-23/h2-4,7-14,22H,5-6,15-20H2,1H3. The Morgan fingerprint density at radius 2 is 1.62 bits per heavy atom. The maximum absolute atomic E-state index is 13.3. The van der Waals surface area contributed by atoms with Gasteiger partial charge in [-0.3, -0.25) is 4.79 Å². The number of hydrogen-bond donors (Lipinski definition) is 0. The molecule has 1 aromatic heterocycles. The minimum absolute atomic E-state index is 0.0140. The Morgan fingerprint density at radius 3 is 2.29 bits per heavy atom. The summed E-state index contributed by atoms with van der Waals surface area (Å²) in [6.45, 7) is 4.92. The molecule has 3 heterocycles. The number of benzene rings is 2. The summed E-state index contributed by atoms with van der Waals surface area (Å²) in [5.74, 6) is 1.95. The van der Waals surface area contributed by atoms with Crippen molar-refractivity contribution in [2.75, 3.05) is 56.2 Å². The van der Waals surface area contributed by atoms with Gasteiger partial charge in [0, 0.05) is 50.5 Å². The lowest BCUT2D eigenvalue weighted by atomic mass is 9.96. The molecule has 7 nitrogen and oxygen atoms in total. The minimum atomic E-state index is 0.0140. The zero-order valence-corrected chi connectivity index (χ0v) is 19.6. The fourth-order valence-corrected chi connectivity index (χ4v) is 4.88. The van der Waals surface area contributed by atoms with Gasteiger partial charge >= 0.3 is 0 Å². The molecule has 34 heavy (non-hydrogen) atoms. The Bertz CT molecular complexity index is 1080. The average Bonchev–Trinajstić information content (AvgIpc) is 2.93. The molecule has 0 aliphatic carbocycles. The molecule has 2 aliphatic heterocycles. The molecule has 176 valence electrons. The van der Waals surface area contributed by atoms with E-state index >= 15 is 0 Å². The van der Waals surface area contributed by atoms with E-state index in [0.29, 0.717) is 6.54 Å². The highest BCUT2D eigenvalue weighted by Crippen LogP contribution is 2.26. The van der Waals surface area contributed by atoms with Gasteiger partial charge < -0.3 is 19.4 Å². The van der Waals surface area contributed by atoms with Gasteiger partial charge in [0.1, 0.15) is 5.75 Å². The van der Waals surface area contributed by atoms with E-state index in [0.717, 1.165) is 68.4 Å². The van der Waals surface area contributed by atoms with Crippen molar-refractivity contribution in [1.29, 1.82) is 0 Å². The van der Waals surface area contributed by atoms with Crippen molar-refractivity contribution >= 4 is 17.4 Å². The van der Waals surface area contributed by atoms with Crippen molar-refractivity contribution in [3.63, 3.8) is 0 Å². The van der Waals surface area contributed by atoms with E-state index in [1.807, 2.05) is 47.4 Å². The van der Waals surface area contributed by atoms with E-state index in [4.69, 9.17) is 4.74 Å². The molecule has 1 amide bonds. The Hall–Kier alpha value is -3.61. The number of methoxy groups -OCH3 is 1. The lowest BCUT2D eigenvalue weighted by Crippen LogP contribution is -2.52. The Morgan fingerprint density at radius 1 is 0.853 bits per heavy atom. The van der Waals surface area contributed by atoms with E-state index in [9.17, 15) is 4.79 Å². The molecule has 0 bridgehead atoms. The SMILES string of the molecule is COc1ccc(-c2ccc(N3CCCC(C(=O)N4CCN(c5ccccc5)CC4)C3)nn2)cc1. The van der Waals surface area contributed by atoms with Gasteiger partial charge in [0.15, 0.2) is 5.82 Å². The molecule has 2 aliphatic rings. The minimum Gasteiger partial charge on any atom is -0.497 e. The van der Waals surface area contributed by atoms with Gasteiger partial charge in [-0.15, -0.1) is 10.2 Å². The van der Waals surface area contributed by atoms with Crippen LogP contribution in [0.5, 0.6) is 5.75 Å². The van der Waals surface area contributed by atoms with Crippen LogP contribution in [0, 0.1) is 5.92 Å². The van der Waals surface area contributed by atoms with Gasteiger partial charge in [-0.2, -0.15) is 0 Å². The molecular formula is C27H31N5O2. The van der Waals surface area contributed by atoms with Crippen LogP contribution in [0.3, 0.4) is 0 Å². The summed E-state index contributed by atoms with van der Waals surface area (Å²) < 4.78 is 5.23. The Kier molecular flexibility index (Phi) is 6.60.